The summed E-state index contributed by atoms with van der Waals surface area (Å²) in [6, 6.07) is 9.59. The van der Waals surface area contributed by atoms with Crippen LogP contribution in [0.3, 0.4) is 0 Å². The maximum atomic E-state index is 13.4. The van der Waals surface area contributed by atoms with E-state index in [1.807, 2.05) is 5.43 Å². The van der Waals surface area contributed by atoms with Gasteiger partial charge < -0.3 is 5.32 Å². The molecule has 0 aliphatic rings. The topological polar surface area (TPSA) is 87.3 Å². The highest BCUT2D eigenvalue weighted by Gasteiger charge is 2.14. The number of carbonyl (C=O) groups excluding carboxylic acids is 3. The van der Waals surface area contributed by atoms with Crippen molar-refractivity contribution in [2.45, 2.75) is 0 Å². The molecule has 0 atom stereocenters. The quantitative estimate of drug-likeness (QED) is 0.708. The van der Waals surface area contributed by atoms with Crippen molar-refractivity contribution < 1.29 is 18.8 Å². The molecule has 2 aromatic carbocycles. The monoisotopic (exact) mass is 383 g/mol. The molecule has 130 valence electrons. The third kappa shape index (κ3) is 5.17. The van der Waals surface area contributed by atoms with Gasteiger partial charge in [-0.05, 0) is 30.3 Å². The number of hydrogen-bond acceptors (Lipinski definition) is 3. The molecule has 0 spiro atoms. The smallest absolute Gasteiger partial charge is 0.272 e. The van der Waals surface area contributed by atoms with Crippen LogP contribution in [0.1, 0.15) is 20.7 Å². The summed E-state index contributed by atoms with van der Waals surface area (Å²) in [6.45, 7) is -0.421. The van der Waals surface area contributed by atoms with Crippen molar-refractivity contribution in [1.82, 2.24) is 16.2 Å². The van der Waals surface area contributed by atoms with Crippen molar-refractivity contribution in [3.8, 4) is 0 Å². The average molecular weight is 384 g/mol. The van der Waals surface area contributed by atoms with Crippen LogP contribution in [0.25, 0.3) is 0 Å². The number of halogens is 3. The van der Waals surface area contributed by atoms with Gasteiger partial charge in [0.05, 0.1) is 22.7 Å². The van der Waals surface area contributed by atoms with Crippen LogP contribution >= 0.6 is 23.2 Å². The van der Waals surface area contributed by atoms with Gasteiger partial charge in [0.1, 0.15) is 5.82 Å². The number of benzene rings is 2. The van der Waals surface area contributed by atoms with Crippen LogP contribution in [-0.4, -0.2) is 24.3 Å². The summed E-state index contributed by atoms with van der Waals surface area (Å²) in [4.78, 5) is 35.3. The molecule has 2 rings (SSSR count). The van der Waals surface area contributed by atoms with Gasteiger partial charge >= 0.3 is 0 Å². The maximum absolute atomic E-state index is 13.4. The molecule has 0 fully saturated rings. The van der Waals surface area contributed by atoms with Crippen LogP contribution in [0.15, 0.2) is 42.5 Å². The van der Waals surface area contributed by atoms with Gasteiger partial charge in [0.2, 0.25) is 0 Å². The maximum Gasteiger partial charge on any atom is 0.272 e. The molecule has 0 heterocycles. The largest absolute Gasteiger partial charge is 0.343 e. The van der Waals surface area contributed by atoms with Crippen molar-refractivity contribution in [3.05, 3.63) is 69.5 Å². The second-order valence-corrected chi connectivity index (χ2v) is 5.63. The van der Waals surface area contributed by atoms with Crippen LogP contribution in [-0.2, 0) is 4.79 Å². The Labute approximate surface area is 152 Å². The first-order valence-corrected chi connectivity index (χ1v) is 7.71. The Hall–Kier alpha value is -2.64. The summed E-state index contributed by atoms with van der Waals surface area (Å²) in [7, 11) is 0. The molecule has 2 aromatic rings. The van der Waals surface area contributed by atoms with Crippen molar-refractivity contribution in [3.63, 3.8) is 0 Å². The van der Waals surface area contributed by atoms with E-state index in [2.05, 4.69) is 10.7 Å². The fourth-order valence-electron chi connectivity index (χ4n) is 1.81. The summed E-state index contributed by atoms with van der Waals surface area (Å²) in [6.07, 6.45) is 0. The van der Waals surface area contributed by atoms with Crippen LogP contribution in [0, 0.1) is 5.82 Å². The lowest BCUT2D eigenvalue weighted by molar-refractivity contribution is -0.120. The minimum absolute atomic E-state index is 0.137. The highest BCUT2D eigenvalue weighted by Crippen LogP contribution is 2.20. The minimum atomic E-state index is -0.821. The summed E-state index contributed by atoms with van der Waals surface area (Å²) in [5.41, 5.74) is 4.04. The SMILES string of the molecule is O=C(CNC(=O)c1ccc(Cl)cc1Cl)NNC(=O)c1ccccc1F. The first kappa shape index (κ1) is 18.7. The van der Waals surface area contributed by atoms with E-state index in [4.69, 9.17) is 23.2 Å². The van der Waals surface area contributed by atoms with E-state index in [0.717, 1.165) is 6.07 Å². The van der Waals surface area contributed by atoms with Crippen LogP contribution < -0.4 is 16.2 Å². The van der Waals surface area contributed by atoms with E-state index in [-0.39, 0.29) is 16.1 Å². The second kappa shape index (κ2) is 8.46. The van der Waals surface area contributed by atoms with Gasteiger partial charge in [-0.15, -0.1) is 0 Å². The van der Waals surface area contributed by atoms with Gasteiger partial charge in [-0.2, -0.15) is 0 Å². The van der Waals surface area contributed by atoms with Crippen LogP contribution in [0.2, 0.25) is 10.0 Å². The third-order valence-electron chi connectivity index (χ3n) is 3.02. The molecular weight excluding hydrogens is 372 g/mol. The second-order valence-electron chi connectivity index (χ2n) is 4.79. The molecule has 0 bridgehead atoms. The molecule has 25 heavy (non-hydrogen) atoms. The lowest BCUT2D eigenvalue weighted by Gasteiger charge is -2.09. The van der Waals surface area contributed by atoms with Gasteiger partial charge in [-0.25, -0.2) is 4.39 Å². The predicted octanol–water partition coefficient (Wildman–Crippen LogP) is 2.32. The van der Waals surface area contributed by atoms with Crippen molar-refractivity contribution >= 4 is 40.9 Å². The number of amides is 3. The lowest BCUT2D eigenvalue weighted by Crippen LogP contribution is -2.46. The van der Waals surface area contributed by atoms with Crippen molar-refractivity contribution in [2.24, 2.45) is 0 Å². The molecular formula is C16H12Cl2FN3O3. The first-order valence-electron chi connectivity index (χ1n) is 6.95. The predicted molar refractivity (Wildman–Crippen MR) is 90.8 cm³/mol. The molecule has 3 N–H and O–H groups in total. The van der Waals surface area contributed by atoms with Gasteiger partial charge in [0.25, 0.3) is 17.7 Å². The summed E-state index contributed by atoms with van der Waals surface area (Å²) in [5.74, 6) is -2.83. The molecule has 3 amide bonds. The van der Waals surface area contributed by atoms with Crippen molar-refractivity contribution in [2.75, 3.05) is 6.54 Å². The van der Waals surface area contributed by atoms with E-state index in [0.29, 0.717) is 5.02 Å². The average Bonchev–Trinajstić information content (AvgIpc) is 2.58. The van der Waals surface area contributed by atoms with E-state index < -0.39 is 30.1 Å². The van der Waals surface area contributed by atoms with Crippen molar-refractivity contribution in [1.29, 1.82) is 0 Å². The molecule has 0 aromatic heterocycles. The van der Waals surface area contributed by atoms with E-state index >= 15 is 0 Å². The van der Waals surface area contributed by atoms with E-state index in [1.165, 1.54) is 36.4 Å². The molecule has 0 saturated carbocycles. The molecule has 0 radical (unpaired) electrons. The van der Waals surface area contributed by atoms with Gasteiger partial charge in [-0.1, -0.05) is 35.3 Å². The summed E-state index contributed by atoms with van der Waals surface area (Å²) < 4.78 is 13.4. The number of hydrazine groups is 1. The number of nitrogens with one attached hydrogen (secondary N) is 3. The molecule has 9 heteroatoms. The zero-order valence-corrected chi connectivity index (χ0v) is 14.1. The molecule has 0 saturated heterocycles. The Balaban J connectivity index is 1.83. The highest BCUT2D eigenvalue weighted by atomic mass is 35.5. The summed E-state index contributed by atoms with van der Waals surface area (Å²) >= 11 is 11.6. The Morgan fingerprint density at radius 2 is 1.64 bits per heavy atom. The minimum Gasteiger partial charge on any atom is -0.343 e. The lowest BCUT2D eigenvalue weighted by atomic mass is 10.2. The number of rotatable bonds is 4. The number of hydrogen-bond donors (Lipinski definition) is 3. The first-order chi connectivity index (χ1) is 11.9. The van der Waals surface area contributed by atoms with Gasteiger partial charge in [-0.3, -0.25) is 25.2 Å². The normalized spacial score (nSPS) is 10.0. The summed E-state index contributed by atoms with van der Waals surface area (Å²) in [5, 5.41) is 2.84. The van der Waals surface area contributed by atoms with Crippen LogP contribution in [0.4, 0.5) is 4.39 Å². The highest BCUT2D eigenvalue weighted by molar-refractivity contribution is 6.36. The molecule has 0 aliphatic carbocycles. The molecule has 0 aliphatic heterocycles. The van der Waals surface area contributed by atoms with E-state index in [1.54, 1.807) is 0 Å². The number of carbonyl (C=O) groups is 3. The zero-order valence-electron chi connectivity index (χ0n) is 12.6. The Bertz CT molecular complexity index is 830. The van der Waals surface area contributed by atoms with Gasteiger partial charge in [0.15, 0.2) is 0 Å². The Morgan fingerprint density at radius 3 is 2.32 bits per heavy atom. The zero-order chi connectivity index (χ0) is 18.4. The molecule has 6 nitrogen and oxygen atoms in total. The van der Waals surface area contributed by atoms with E-state index in [9.17, 15) is 18.8 Å². The fraction of sp³-hybridized carbons (Fsp3) is 0.0625. The molecule has 0 unspecified atom stereocenters. The standard InChI is InChI=1S/C16H12Cl2FN3O3/c17-9-5-6-10(12(18)7-9)15(24)20-8-14(23)21-22-16(25)11-3-1-2-4-13(11)19/h1-7H,8H2,(H,20,24)(H,21,23)(H,22,25). The Kier molecular flexibility index (Phi) is 6.32. The Morgan fingerprint density at radius 1 is 0.920 bits per heavy atom. The fourth-order valence-corrected chi connectivity index (χ4v) is 2.31. The van der Waals surface area contributed by atoms with Gasteiger partial charge in [0, 0.05) is 5.02 Å². The third-order valence-corrected chi connectivity index (χ3v) is 3.57. The van der Waals surface area contributed by atoms with Crippen LogP contribution in [0.5, 0.6) is 0 Å².